The Morgan fingerprint density at radius 1 is 0.650 bits per heavy atom. The van der Waals surface area contributed by atoms with Gasteiger partial charge in [0.15, 0.2) is 0 Å². The Labute approximate surface area is 351 Å². The van der Waals surface area contributed by atoms with Crippen LogP contribution in [0.25, 0.3) is 32.7 Å². The van der Waals surface area contributed by atoms with Crippen molar-refractivity contribution in [3.8, 4) is 0 Å². The number of carbonyl (C=O) groups excluding carboxylic acids is 1. The van der Waals surface area contributed by atoms with Crippen LogP contribution in [0, 0.1) is 56.6 Å². The number of piperidine rings is 2. The largest absolute Gasteiger partial charge is 0.481 e. The Morgan fingerprint density at radius 2 is 1.15 bits per heavy atom. The third kappa shape index (κ3) is 9.33. The van der Waals surface area contributed by atoms with Gasteiger partial charge in [0.2, 0.25) is 5.91 Å². The highest BCUT2D eigenvalue weighted by molar-refractivity contribution is 5.88. The molecule has 4 bridgehead atoms. The Hall–Kier alpha value is -6.16. The molecular weight excluding hydrogens is 751 g/mol. The van der Waals surface area contributed by atoms with Crippen LogP contribution in [0.3, 0.4) is 0 Å². The summed E-state index contributed by atoms with van der Waals surface area (Å²) in [5.41, 5.74) is 11.6. The zero-order valence-corrected chi connectivity index (χ0v) is 35.4. The number of carboxylic acids is 1. The van der Waals surface area contributed by atoms with Gasteiger partial charge in [0.1, 0.15) is 0 Å². The quantitative estimate of drug-likeness (QED) is 0.0935. The van der Waals surface area contributed by atoms with Crippen LogP contribution in [-0.2, 0) is 22.4 Å². The van der Waals surface area contributed by atoms with Gasteiger partial charge in [-0.05, 0) is 149 Å². The van der Waals surface area contributed by atoms with E-state index in [9.17, 15) is 19.7 Å². The van der Waals surface area contributed by atoms with Crippen LogP contribution in [-0.4, -0.2) is 53.8 Å². The molecule has 4 aliphatic rings. The second-order valence-electron chi connectivity index (χ2n) is 17.0. The Balaban J connectivity index is 0.000000130. The second-order valence-corrected chi connectivity index (χ2v) is 17.0. The van der Waals surface area contributed by atoms with E-state index in [1.165, 1.54) is 87.6 Å². The minimum atomic E-state index is -0.752. The highest BCUT2D eigenvalue weighted by Crippen LogP contribution is 2.49. The van der Waals surface area contributed by atoms with Crippen LogP contribution in [0.2, 0.25) is 0 Å². The summed E-state index contributed by atoms with van der Waals surface area (Å²) in [7, 11) is 0. The van der Waals surface area contributed by atoms with E-state index in [-0.39, 0.29) is 17.0 Å². The van der Waals surface area contributed by atoms with Crippen LogP contribution in [0.1, 0.15) is 83.9 Å². The molecule has 11 rings (SSSR count). The van der Waals surface area contributed by atoms with Gasteiger partial charge in [-0.25, -0.2) is 0 Å². The second kappa shape index (κ2) is 18.4. The number of hydrogen-bond acceptors (Lipinski definition) is 4. The molecule has 2 aliphatic heterocycles. The average molecular weight is 808 g/mol. The number of nitro benzene ring substituents is 1. The van der Waals surface area contributed by atoms with Crippen molar-refractivity contribution in [3.05, 3.63) is 147 Å². The lowest BCUT2D eigenvalue weighted by atomic mass is 9.63. The first-order valence-electron chi connectivity index (χ1n) is 21.2. The number of carboxylic acid groups (broad SMARTS) is 1. The number of H-pyrrole nitrogens is 3. The van der Waals surface area contributed by atoms with Gasteiger partial charge in [0.05, 0.1) is 4.92 Å². The number of nitrogens with one attached hydrogen (secondary N) is 3. The van der Waals surface area contributed by atoms with E-state index in [1.54, 1.807) is 13.0 Å². The summed E-state index contributed by atoms with van der Waals surface area (Å²) >= 11 is 0. The minimum Gasteiger partial charge on any atom is -0.481 e. The van der Waals surface area contributed by atoms with Crippen LogP contribution < -0.4 is 0 Å². The van der Waals surface area contributed by atoms with E-state index in [0.717, 1.165) is 40.5 Å². The molecule has 5 heterocycles. The summed E-state index contributed by atoms with van der Waals surface area (Å²) in [5.74, 6) is 1.46. The highest BCUT2D eigenvalue weighted by atomic mass is 16.6. The van der Waals surface area contributed by atoms with E-state index in [2.05, 4.69) is 82.4 Å². The molecule has 3 aromatic heterocycles. The Bertz CT molecular complexity index is 2600. The molecular formula is C50H57N5O5. The van der Waals surface area contributed by atoms with Crippen molar-refractivity contribution in [2.24, 2.45) is 11.8 Å². The van der Waals surface area contributed by atoms with Crippen molar-refractivity contribution in [2.75, 3.05) is 0 Å². The summed E-state index contributed by atoms with van der Waals surface area (Å²) in [4.78, 5) is 45.5. The molecule has 1 amide bonds. The molecule has 10 heteroatoms. The van der Waals surface area contributed by atoms with Crippen LogP contribution in [0.4, 0.5) is 5.69 Å². The lowest BCUT2D eigenvalue weighted by Gasteiger charge is -2.56. The number of benzene rings is 4. The number of carbonyl (C=O) groups is 2. The highest BCUT2D eigenvalue weighted by Gasteiger charge is 2.48. The summed E-state index contributed by atoms with van der Waals surface area (Å²) < 4.78 is 0. The maximum atomic E-state index is 13.0. The van der Waals surface area contributed by atoms with Crippen LogP contribution in [0.5, 0.6) is 0 Å². The van der Waals surface area contributed by atoms with Gasteiger partial charge in [-0.2, -0.15) is 0 Å². The number of fused-ring (bicyclic) bond motifs is 3. The predicted octanol–water partition coefficient (Wildman–Crippen LogP) is 11.4. The van der Waals surface area contributed by atoms with Crippen molar-refractivity contribution in [1.82, 2.24) is 19.9 Å². The van der Waals surface area contributed by atoms with Gasteiger partial charge in [-0.1, -0.05) is 48.5 Å². The average Bonchev–Trinajstić information content (AvgIpc) is 3.98. The topological polar surface area (TPSA) is 148 Å². The van der Waals surface area contributed by atoms with E-state index in [4.69, 9.17) is 5.11 Å². The molecule has 2 aliphatic carbocycles. The fourth-order valence-electron chi connectivity index (χ4n) is 10.0. The number of rotatable bonds is 7. The van der Waals surface area contributed by atoms with E-state index >= 15 is 0 Å². The number of aryl methyl sites for hydroxylation is 6. The number of aliphatic carboxylic acids is 1. The fourth-order valence-corrected chi connectivity index (χ4v) is 10.0. The molecule has 312 valence electrons. The van der Waals surface area contributed by atoms with E-state index < -0.39 is 5.97 Å². The molecule has 0 spiro atoms. The molecule has 2 saturated heterocycles. The molecule has 0 radical (unpaired) electrons. The van der Waals surface area contributed by atoms with Crippen molar-refractivity contribution in [1.29, 1.82) is 0 Å². The van der Waals surface area contributed by atoms with E-state index in [0.29, 0.717) is 30.8 Å². The standard InChI is InChI=1S/C21H26N2O.C12H13NO2.C9H9N.C8H9NO2/c1-13-3-2-4-19-21(13)16(12-22-19)5-6-20(24)23-17-8-14-7-15(10-17)11-18(23)9-14;1-8-3-2-4-10-12(8)9(7-13-10)5-6-11(14)15;1-7-3-2-4-9-8(7)5-6-10-9;1-6-4-3-5-8(7(6)2)9(10)11/h2-4,12,14-15,17-18,22H,5-11H2,1H3;2-4,7,13H,5-6H2,1H3,(H,14,15);2-6,10H,1H3;3-5H,1-2H3. The van der Waals surface area contributed by atoms with Gasteiger partial charge in [-0.3, -0.25) is 19.7 Å². The van der Waals surface area contributed by atoms with Crippen LogP contribution in [0.15, 0.2) is 97.5 Å². The number of hydrogen-bond donors (Lipinski definition) is 4. The molecule has 4 aromatic carbocycles. The van der Waals surface area contributed by atoms with Gasteiger partial charge in [0, 0.05) is 87.9 Å². The van der Waals surface area contributed by atoms with Crippen molar-refractivity contribution >= 4 is 50.3 Å². The molecule has 0 unspecified atom stereocenters. The lowest BCUT2D eigenvalue weighted by molar-refractivity contribution is -0.385. The maximum absolute atomic E-state index is 13.0. The normalized spacial score (nSPS) is 18.6. The third-order valence-corrected chi connectivity index (χ3v) is 13.0. The molecule has 60 heavy (non-hydrogen) atoms. The van der Waals surface area contributed by atoms with Crippen molar-refractivity contribution in [2.45, 2.75) is 104 Å². The number of aromatic amines is 3. The maximum Gasteiger partial charge on any atom is 0.303 e. The smallest absolute Gasteiger partial charge is 0.303 e. The summed E-state index contributed by atoms with van der Waals surface area (Å²) in [6.07, 6.45) is 14.8. The minimum absolute atomic E-state index is 0.182. The monoisotopic (exact) mass is 807 g/mol. The SMILES string of the molecule is Cc1cccc([N+](=O)[O-])c1C.Cc1cccc2[nH]cc(CCC(=O)N3C4CC5CC(C4)CC3C5)c12.Cc1cccc2[nH]cc(CCC(=O)O)c12.Cc1cccc2[nH]ccc12. The predicted molar refractivity (Wildman–Crippen MR) is 240 cm³/mol. The van der Waals surface area contributed by atoms with Gasteiger partial charge < -0.3 is 25.0 Å². The summed E-state index contributed by atoms with van der Waals surface area (Å²) in [6.45, 7) is 9.94. The van der Waals surface area contributed by atoms with Crippen molar-refractivity contribution in [3.63, 3.8) is 0 Å². The number of nitro groups is 1. The first kappa shape index (κ1) is 42.0. The zero-order valence-electron chi connectivity index (χ0n) is 35.4. The molecule has 4 N–H and O–H groups in total. The molecule has 0 atom stereocenters. The first-order valence-corrected chi connectivity index (χ1v) is 21.2. The summed E-state index contributed by atoms with van der Waals surface area (Å²) in [6, 6.07) is 27.0. The molecule has 7 aromatic rings. The molecule has 4 fully saturated rings. The Kier molecular flexibility index (Phi) is 12.9. The fraction of sp³-hybridized carbons (Fsp3) is 0.360. The van der Waals surface area contributed by atoms with Crippen molar-refractivity contribution < 1.29 is 19.6 Å². The number of aromatic nitrogens is 3. The van der Waals surface area contributed by atoms with Gasteiger partial charge in [-0.15, -0.1) is 0 Å². The van der Waals surface area contributed by atoms with Crippen LogP contribution >= 0.6 is 0 Å². The summed E-state index contributed by atoms with van der Waals surface area (Å²) in [5, 5.41) is 22.8. The van der Waals surface area contributed by atoms with Gasteiger partial charge in [0.25, 0.3) is 5.69 Å². The number of nitrogens with zero attached hydrogens (tertiary/aromatic N) is 2. The van der Waals surface area contributed by atoms with Gasteiger partial charge >= 0.3 is 5.97 Å². The molecule has 10 nitrogen and oxygen atoms in total. The van der Waals surface area contributed by atoms with E-state index in [1.807, 2.05) is 50.5 Å². The molecule has 2 saturated carbocycles. The zero-order chi connectivity index (χ0) is 42.5. The number of amides is 1. The lowest BCUT2D eigenvalue weighted by Crippen LogP contribution is -2.59. The third-order valence-electron chi connectivity index (χ3n) is 13.0. The first-order chi connectivity index (χ1) is 28.9. The Morgan fingerprint density at radius 3 is 1.67 bits per heavy atom.